The normalized spacial score (nSPS) is 17.3. The molecule has 1 unspecified atom stereocenters. The summed E-state index contributed by atoms with van der Waals surface area (Å²) < 4.78 is 0. The molecule has 0 radical (unpaired) electrons. The fourth-order valence-electron chi connectivity index (χ4n) is 1.78. The van der Waals surface area contributed by atoms with Gasteiger partial charge >= 0.3 is 0 Å². The van der Waals surface area contributed by atoms with Crippen LogP contribution in [0.1, 0.15) is 25.3 Å². The minimum atomic E-state index is 0.517. The molecule has 1 fully saturated rings. The van der Waals surface area contributed by atoms with Crippen LogP contribution >= 0.6 is 0 Å². The summed E-state index contributed by atoms with van der Waals surface area (Å²) in [5.41, 5.74) is 1.09. The quantitative estimate of drug-likeness (QED) is 0.791. The van der Waals surface area contributed by atoms with Crippen molar-refractivity contribution in [1.82, 2.24) is 9.97 Å². The Labute approximate surface area is 90.5 Å². The molecule has 1 aliphatic carbocycles. The van der Waals surface area contributed by atoms with E-state index in [2.05, 4.69) is 27.5 Å². The van der Waals surface area contributed by atoms with Gasteiger partial charge in [0.05, 0.1) is 0 Å². The van der Waals surface area contributed by atoms with E-state index >= 15 is 0 Å². The Morgan fingerprint density at radius 2 is 2.00 bits per heavy atom. The van der Waals surface area contributed by atoms with E-state index in [4.69, 9.17) is 0 Å². The molecule has 0 bridgehead atoms. The summed E-state index contributed by atoms with van der Waals surface area (Å²) in [6.45, 7) is 4.26. The van der Waals surface area contributed by atoms with Crippen LogP contribution in [0.5, 0.6) is 0 Å². The molecule has 1 aliphatic rings. The van der Waals surface area contributed by atoms with E-state index in [-0.39, 0.29) is 0 Å². The fraction of sp³-hybridized carbons (Fsp3) is 0.636. The van der Waals surface area contributed by atoms with E-state index in [1.165, 1.54) is 12.8 Å². The van der Waals surface area contributed by atoms with Crippen LogP contribution in [0.2, 0.25) is 0 Å². The summed E-state index contributed by atoms with van der Waals surface area (Å²) in [5.74, 6) is 2.68. The van der Waals surface area contributed by atoms with Crippen molar-refractivity contribution in [3.05, 3.63) is 11.9 Å². The lowest BCUT2D eigenvalue weighted by molar-refractivity contribution is 0.689. The second-order valence-electron chi connectivity index (χ2n) is 4.22. The Morgan fingerprint density at radius 1 is 1.33 bits per heavy atom. The molecule has 1 aromatic rings. The largest absolute Gasteiger partial charge is 0.373 e. The Kier molecular flexibility index (Phi) is 2.75. The standard InChI is InChI=1S/C11H18N4/c1-7-10(12-3)13-6-14-11(7)15-8(2)9-4-5-9/h6,8-9H,4-5H2,1-3H3,(H2,12,13,14,15). The molecule has 82 valence electrons. The first-order valence-corrected chi connectivity index (χ1v) is 5.48. The number of hydrogen-bond acceptors (Lipinski definition) is 4. The molecule has 4 nitrogen and oxygen atoms in total. The predicted octanol–water partition coefficient (Wildman–Crippen LogP) is 2.04. The van der Waals surface area contributed by atoms with Crippen LogP contribution < -0.4 is 10.6 Å². The van der Waals surface area contributed by atoms with Gasteiger partial charge in [0.15, 0.2) is 0 Å². The number of nitrogens with zero attached hydrogens (tertiary/aromatic N) is 2. The molecule has 2 rings (SSSR count). The maximum Gasteiger partial charge on any atom is 0.134 e. The Balaban J connectivity index is 2.12. The third kappa shape index (κ3) is 2.19. The van der Waals surface area contributed by atoms with Gasteiger partial charge in [-0.1, -0.05) is 0 Å². The van der Waals surface area contributed by atoms with Gasteiger partial charge in [0, 0.05) is 18.7 Å². The number of rotatable bonds is 4. The first-order chi connectivity index (χ1) is 7.22. The minimum absolute atomic E-state index is 0.517. The third-order valence-electron chi connectivity index (χ3n) is 3.01. The van der Waals surface area contributed by atoms with Crippen LogP contribution in [0.25, 0.3) is 0 Å². The van der Waals surface area contributed by atoms with Crippen LogP contribution in [0.3, 0.4) is 0 Å². The summed E-state index contributed by atoms with van der Waals surface area (Å²) in [7, 11) is 1.88. The SMILES string of the molecule is CNc1ncnc(NC(C)C2CC2)c1C. The van der Waals surface area contributed by atoms with Gasteiger partial charge in [-0.2, -0.15) is 0 Å². The molecular weight excluding hydrogens is 188 g/mol. The highest BCUT2D eigenvalue weighted by Gasteiger charge is 2.28. The predicted molar refractivity (Wildman–Crippen MR) is 62.1 cm³/mol. The van der Waals surface area contributed by atoms with Crippen molar-refractivity contribution in [3.8, 4) is 0 Å². The summed E-state index contributed by atoms with van der Waals surface area (Å²) in [6, 6.07) is 0.517. The molecule has 0 saturated heterocycles. The van der Waals surface area contributed by atoms with Gasteiger partial charge < -0.3 is 10.6 Å². The molecular formula is C11H18N4. The Morgan fingerprint density at radius 3 is 2.60 bits per heavy atom. The molecule has 1 heterocycles. The lowest BCUT2D eigenvalue weighted by Crippen LogP contribution is -2.19. The van der Waals surface area contributed by atoms with Gasteiger partial charge in [-0.15, -0.1) is 0 Å². The topological polar surface area (TPSA) is 49.8 Å². The molecule has 1 aromatic heterocycles. The second-order valence-corrected chi connectivity index (χ2v) is 4.22. The van der Waals surface area contributed by atoms with E-state index in [9.17, 15) is 0 Å². The summed E-state index contributed by atoms with van der Waals surface area (Å²) >= 11 is 0. The van der Waals surface area contributed by atoms with Crippen molar-refractivity contribution in [2.75, 3.05) is 17.7 Å². The van der Waals surface area contributed by atoms with Gasteiger partial charge in [0.1, 0.15) is 18.0 Å². The van der Waals surface area contributed by atoms with Crippen molar-refractivity contribution >= 4 is 11.6 Å². The maximum atomic E-state index is 4.27. The molecule has 15 heavy (non-hydrogen) atoms. The third-order valence-corrected chi connectivity index (χ3v) is 3.01. The van der Waals surface area contributed by atoms with E-state index in [0.717, 1.165) is 23.1 Å². The number of aromatic nitrogens is 2. The summed E-state index contributed by atoms with van der Waals surface area (Å²) in [5, 5.41) is 6.52. The van der Waals surface area contributed by atoms with Crippen LogP contribution in [0.4, 0.5) is 11.6 Å². The molecule has 2 N–H and O–H groups in total. The first kappa shape index (κ1) is 10.2. The van der Waals surface area contributed by atoms with Crippen LogP contribution in [-0.4, -0.2) is 23.1 Å². The summed E-state index contributed by atoms with van der Waals surface area (Å²) in [4.78, 5) is 8.44. The molecule has 0 spiro atoms. The molecule has 0 aliphatic heterocycles. The van der Waals surface area contributed by atoms with Gasteiger partial charge in [-0.3, -0.25) is 0 Å². The highest BCUT2D eigenvalue weighted by Crippen LogP contribution is 2.34. The van der Waals surface area contributed by atoms with Crippen molar-refractivity contribution in [1.29, 1.82) is 0 Å². The van der Waals surface area contributed by atoms with Crippen molar-refractivity contribution in [2.45, 2.75) is 32.7 Å². The molecule has 0 amide bonds. The fourth-order valence-corrected chi connectivity index (χ4v) is 1.78. The highest BCUT2D eigenvalue weighted by molar-refractivity contribution is 5.56. The second kappa shape index (κ2) is 4.04. The van der Waals surface area contributed by atoms with Crippen LogP contribution in [0, 0.1) is 12.8 Å². The Bertz CT molecular complexity index is 346. The lowest BCUT2D eigenvalue weighted by Gasteiger charge is -2.16. The van der Waals surface area contributed by atoms with Crippen LogP contribution in [0.15, 0.2) is 6.33 Å². The average molecular weight is 206 g/mol. The number of anilines is 2. The van der Waals surface area contributed by atoms with Gasteiger partial charge in [-0.25, -0.2) is 9.97 Å². The zero-order valence-electron chi connectivity index (χ0n) is 9.54. The maximum absolute atomic E-state index is 4.27. The van der Waals surface area contributed by atoms with Gasteiger partial charge in [-0.05, 0) is 32.6 Å². The smallest absolute Gasteiger partial charge is 0.134 e. The molecule has 0 aromatic carbocycles. The molecule has 1 saturated carbocycles. The number of nitrogens with one attached hydrogen (secondary N) is 2. The highest BCUT2D eigenvalue weighted by atomic mass is 15.1. The van der Waals surface area contributed by atoms with Crippen LogP contribution in [-0.2, 0) is 0 Å². The monoisotopic (exact) mass is 206 g/mol. The van der Waals surface area contributed by atoms with E-state index < -0.39 is 0 Å². The van der Waals surface area contributed by atoms with Crippen molar-refractivity contribution in [3.63, 3.8) is 0 Å². The van der Waals surface area contributed by atoms with E-state index in [0.29, 0.717) is 6.04 Å². The zero-order chi connectivity index (χ0) is 10.8. The summed E-state index contributed by atoms with van der Waals surface area (Å²) in [6.07, 6.45) is 4.29. The van der Waals surface area contributed by atoms with Gasteiger partial charge in [0.25, 0.3) is 0 Å². The van der Waals surface area contributed by atoms with Gasteiger partial charge in [0.2, 0.25) is 0 Å². The van der Waals surface area contributed by atoms with Crippen molar-refractivity contribution in [2.24, 2.45) is 5.92 Å². The minimum Gasteiger partial charge on any atom is -0.373 e. The van der Waals surface area contributed by atoms with E-state index in [1.54, 1.807) is 6.33 Å². The Hall–Kier alpha value is -1.32. The first-order valence-electron chi connectivity index (χ1n) is 5.48. The van der Waals surface area contributed by atoms with E-state index in [1.807, 2.05) is 14.0 Å². The molecule has 1 atom stereocenters. The molecule has 4 heteroatoms. The average Bonchev–Trinajstić information content (AvgIpc) is 3.04. The lowest BCUT2D eigenvalue weighted by atomic mass is 10.2. The zero-order valence-corrected chi connectivity index (χ0v) is 9.54. The number of hydrogen-bond donors (Lipinski definition) is 2. The van der Waals surface area contributed by atoms with Crippen molar-refractivity contribution < 1.29 is 0 Å².